The Morgan fingerprint density at radius 3 is 2.40 bits per heavy atom. The van der Waals surface area contributed by atoms with E-state index >= 15 is 0 Å². The van der Waals surface area contributed by atoms with E-state index in [1.165, 1.54) is 23.5 Å². The van der Waals surface area contributed by atoms with Gasteiger partial charge in [0, 0.05) is 5.02 Å². The van der Waals surface area contributed by atoms with E-state index < -0.39 is 16.0 Å². The molecular formula is C15H21ClN3O5S+. The molecule has 1 aromatic carbocycles. The zero-order valence-corrected chi connectivity index (χ0v) is 15.4. The number of nitrogens with zero attached hydrogens (tertiary/aromatic N) is 1. The highest BCUT2D eigenvalue weighted by Gasteiger charge is 2.31. The van der Waals surface area contributed by atoms with E-state index in [0.717, 1.165) is 4.90 Å². The molecule has 2 rings (SSSR count). The number of benzene rings is 1. The summed E-state index contributed by atoms with van der Waals surface area (Å²) in [6.45, 7) is 1.69. The predicted octanol–water partition coefficient (Wildman–Crippen LogP) is -1.48. The third-order valence-electron chi connectivity index (χ3n) is 3.95. The molecule has 1 saturated heterocycles. The number of methoxy groups -OCH3 is 1. The van der Waals surface area contributed by atoms with E-state index in [2.05, 4.69) is 10.1 Å². The summed E-state index contributed by atoms with van der Waals surface area (Å²) in [6, 6.07) is 6.05. The molecule has 1 aliphatic heterocycles. The average Bonchev–Trinajstić information content (AvgIpc) is 2.60. The molecule has 1 heterocycles. The highest BCUT2D eigenvalue weighted by Crippen LogP contribution is 2.18. The van der Waals surface area contributed by atoms with Crippen LogP contribution < -0.4 is 10.2 Å². The lowest BCUT2D eigenvalue weighted by molar-refractivity contribution is -0.895. The third-order valence-corrected chi connectivity index (χ3v) is 6.11. The second-order valence-corrected chi connectivity index (χ2v) is 8.01. The van der Waals surface area contributed by atoms with E-state index in [1.807, 2.05) is 0 Å². The van der Waals surface area contributed by atoms with Crippen LogP contribution in [-0.4, -0.2) is 71.0 Å². The van der Waals surface area contributed by atoms with Crippen molar-refractivity contribution in [2.24, 2.45) is 0 Å². The van der Waals surface area contributed by atoms with Gasteiger partial charge in [0.05, 0.1) is 38.2 Å². The van der Waals surface area contributed by atoms with Gasteiger partial charge in [-0.25, -0.2) is 8.42 Å². The molecule has 25 heavy (non-hydrogen) atoms. The Labute approximate surface area is 151 Å². The fourth-order valence-electron chi connectivity index (χ4n) is 2.51. The van der Waals surface area contributed by atoms with Gasteiger partial charge in [-0.2, -0.15) is 4.31 Å². The highest BCUT2D eigenvalue weighted by atomic mass is 35.5. The third kappa shape index (κ3) is 5.40. The molecule has 10 heteroatoms. The lowest BCUT2D eigenvalue weighted by Gasteiger charge is -2.31. The summed E-state index contributed by atoms with van der Waals surface area (Å²) in [5, 5.41) is 2.95. The van der Waals surface area contributed by atoms with Crippen molar-refractivity contribution in [3.8, 4) is 0 Å². The van der Waals surface area contributed by atoms with Gasteiger partial charge in [0.2, 0.25) is 10.0 Å². The molecule has 0 aromatic heterocycles. The normalized spacial score (nSPS) is 16.4. The Morgan fingerprint density at radius 1 is 1.24 bits per heavy atom. The molecular weight excluding hydrogens is 370 g/mol. The summed E-state index contributed by atoms with van der Waals surface area (Å²) >= 11 is 5.79. The number of sulfonamides is 1. The van der Waals surface area contributed by atoms with E-state index in [0.29, 0.717) is 31.2 Å². The van der Waals surface area contributed by atoms with E-state index in [1.54, 1.807) is 12.1 Å². The van der Waals surface area contributed by atoms with Crippen molar-refractivity contribution in [2.75, 3.05) is 46.4 Å². The van der Waals surface area contributed by atoms with Gasteiger partial charge >= 0.3 is 5.97 Å². The van der Waals surface area contributed by atoms with Gasteiger partial charge in [-0.3, -0.25) is 9.59 Å². The summed E-state index contributed by atoms with van der Waals surface area (Å²) in [7, 11) is -2.31. The number of amides is 1. The fraction of sp³-hybridized carbons (Fsp3) is 0.467. The molecule has 0 aliphatic carbocycles. The first-order valence-electron chi connectivity index (χ1n) is 7.75. The number of piperazine rings is 1. The van der Waals surface area contributed by atoms with Crippen LogP contribution in [0.1, 0.15) is 0 Å². The van der Waals surface area contributed by atoms with Crippen molar-refractivity contribution >= 4 is 33.5 Å². The SMILES string of the molecule is COC(=O)CNC(=O)C[NH+]1CCN(S(=O)(=O)c2ccc(Cl)cc2)CC1. The maximum absolute atomic E-state index is 12.6. The van der Waals surface area contributed by atoms with Crippen molar-refractivity contribution in [3.05, 3.63) is 29.3 Å². The maximum atomic E-state index is 12.6. The predicted molar refractivity (Wildman–Crippen MR) is 90.8 cm³/mol. The van der Waals surface area contributed by atoms with Crippen LogP contribution in [0.3, 0.4) is 0 Å². The Hall–Kier alpha value is -1.68. The number of rotatable bonds is 6. The maximum Gasteiger partial charge on any atom is 0.325 e. The monoisotopic (exact) mass is 390 g/mol. The van der Waals surface area contributed by atoms with Gasteiger partial charge in [0.25, 0.3) is 5.91 Å². The zero-order valence-electron chi connectivity index (χ0n) is 13.8. The molecule has 0 unspecified atom stereocenters. The second-order valence-electron chi connectivity index (χ2n) is 5.64. The molecule has 2 N–H and O–H groups in total. The lowest BCUT2D eigenvalue weighted by atomic mass is 10.3. The van der Waals surface area contributed by atoms with Gasteiger partial charge in [-0.15, -0.1) is 0 Å². The molecule has 0 bridgehead atoms. The zero-order chi connectivity index (χ0) is 18.4. The molecule has 0 saturated carbocycles. The van der Waals surface area contributed by atoms with Gasteiger partial charge in [-0.05, 0) is 24.3 Å². The lowest BCUT2D eigenvalue weighted by Crippen LogP contribution is -3.15. The van der Waals surface area contributed by atoms with Crippen LogP contribution in [0, 0.1) is 0 Å². The van der Waals surface area contributed by atoms with Crippen molar-refractivity contribution < 1.29 is 27.6 Å². The number of hydrogen-bond donors (Lipinski definition) is 2. The Morgan fingerprint density at radius 2 is 1.84 bits per heavy atom. The van der Waals surface area contributed by atoms with Crippen LogP contribution in [0.4, 0.5) is 0 Å². The molecule has 0 spiro atoms. The smallest absolute Gasteiger partial charge is 0.325 e. The number of halogens is 1. The first-order valence-corrected chi connectivity index (χ1v) is 9.57. The van der Waals surface area contributed by atoms with Crippen molar-refractivity contribution in [3.63, 3.8) is 0 Å². The number of quaternary nitrogens is 1. The molecule has 138 valence electrons. The molecule has 0 atom stereocenters. The molecule has 1 aliphatic rings. The minimum Gasteiger partial charge on any atom is -0.468 e. The minimum atomic E-state index is -3.56. The van der Waals surface area contributed by atoms with Crippen molar-refractivity contribution in [1.82, 2.24) is 9.62 Å². The first-order chi connectivity index (χ1) is 11.8. The number of carbonyl (C=O) groups excluding carboxylic acids is 2. The summed E-state index contributed by atoms with van der Waals surface area (Å²) in [5.74, 6) is -0.781. The van der Waals surface area contributed by atoms with Crippen LogP contribution >= 0.6 is 11.6 Å². The number of hydrogen-bond acceptors (Lipinski definition) is 5. The van der Waals surface area contributed by atoms with E-state index in [-0.39, 0.29) is 23.9 Å². The Balaban J connectivity index is 1.85. The molecule has 1 fully saturated rings. The largest absolute Gasteiger partial charge is 0.468 e. The summed E-state index contributed by atoms with van der Waals surface area (Å²) in [6.07, 6.45) is 0. The second kappa shape index (κ2) is 8.61. The van der Waals surface area contributed by atoms with Crippen LogP contribution in [0.5, 0.6) is 0 Å². The van der Waals surface area contributed by atoms with Crippen molar-refractivity contribution in [1.29, 1.82) is 0 Å². The van der Waals surface area contributed by atoms with Crippen LogP contribution in [0.15, 0.2) is 29.2 Å². The number of carbonyl (C=O) groups is 2. The van der Waals surface area contributed by atoms with Gasteiger partial charge in [0.15, 0.2) is 6.54 Å². The van der Waals surface area contributed by atoms with Crippen LogP contribution in [-0.2, 0) is 24.3 Å². The minimum absolute atomic E-state index is 0.167. The van der Waals surface area contributed by atoms with Gasteiger partial charge in [0.1, 0.15) is 6.54 Å². The highest BCUT2D eigenvalue weighted by molar-refractivity contribution is 7.89. The first kappa shape index (κ1) is 19.6. The van der Waals surface area contributed by atoms with E-state index in [9.17, 15) is 18.0 Å². The van der Waals surface area contributed by atoms with Crippen molar-refractivity contribution in [2.45, 2.75) is 4.90 Å². The standard InChI is InChI=1S/C15H20ClN3O5S/c1-24-15(21)10-17-14(20)11-18-6-8-19(9-7-18)25(22,23)13-4-2-12(16)3-5-13/h2-5H,6-11H2,1H3,(H,17,20)/p+1. The Bertz CT molecular complexity index is 715. The number of ether oxygens (including phenoxy) is 1. The number of nitrogens with one attached hydrogen (secondary N) is 2. The average molecular weight is 391 g/mol. The summed E-state index contributed by atoms with van der Waals surface area (Å²) < 4.78 is 31.0. The van der Waals surface area contributed by atoms with Crippen LogP contribution in [0.25, 0.3) is 0 Å². The summed E-state index contributed by atoms with van der Waals surface area (Å²) in [5.41, 5.74) is 0. The van der Waals surface area contributed by atoms with Gasteiger partial charge < -0.3 is 15.0 Å². The topological polar surface area (TPSA) is 97.2 Å². The molecule has 1 amide bonds. The fourth-order valence-corrected chi connectivity index (χ4v) is 4.08. The molecule has 1 aromatic rings. The van der Waals surface area contributed by atoms with Crippen LogP contribution in [0.2, 0.25) is 5.02 Å². The summed E-state index contributed by atoms with van der Waals surface area (Å²) in [4.78, 5) is 23.9. The number of esters is 1. The molecule has 0 radical (unpaired) electrons. The van der Waals surface area contributed by atoms with E-state index in [4.69, 9.17) is 11.6 Å². The van der Waals surface area contributed by atoms with Gasteiger partial charge in [-0.1, -0.05) is 11.6 Å². The quantitative estimate of drug-likeness (QED) is 0.577. The Kier molecular flexibility index (Phi) is 6.77. The molecule has 8 nitrogen and oxygen atoms in total.